The number of carbonyl (C=O) groups excluding carboxylic acids is 1. The molecular weight excluding hydrogens is 384 g/mol. The SMILES string of the molecule is CN1CCC(CCNC(=O)c2cc(Br)ccc2Br)CC1. The van der Waals surface area contributed by atoms with Crippen LogP contribution in [-0.2, 0) is 0 Å². The quantitative estimate of drug-likeness (QED) is 0.831. The summed E-state index contributed by atoms with van der Waals surface area (Å²) in [6, 6.07) is 5.64. The number of nitrogens with zero attached hydrogens (tertiary/aromatic N) is 1. The number of likely N-dealkylation sites (tertiary alicyclic amines) is 1. The molecule has 3 nitrogen and oxygen atoms in total. The highest BCUT2D eigenvalue weighted by Gasteiger charge is 2.17. The summed E-state index contributed by atoms with van der Waals surface area (Å²) in [4.78, 5) is 14.5. The van der Waals surface area contributed by atoms with Gasteiger partial charge in [0, 0.05) is 15.5 Å². The number of hydrogen-bond donors (Lipinski definition) is 1. The Kier molecular flexibility index (Phi) is 6.05. The number of benzene rings is 1. The number of hydrogen-bond acceptors (Lipinski definition) is 2. The molecule has 1 aliphatic heterocycles. The minimum Gasteiger partial charge on any atom is -0.352 e. The lowest BCUT2D eigenvalue weighted by Gasteiger charge is -2.28. The Morgan fingerprint density at radius 1 is 1.35 bits per heavy atom. The van der Waals surface area contributed by atoms with E-state index in [1.165, 1.54) is 25.9 Å². The molecule has 0 radical (unpaired) electrons. The smallest absolute Gasteiger partial charge is 0.252 e. The molecule has 5 heteroatoms. The second-order valence-corrected chi connectivity index (χ2v) is 7.19. The molecule has 20 heavy (non-hydrogen) atoms. The maximum Gasteiger partial charge on any atom is 0.252 e. The zero-order chi connectivity index (χ0) is 14.5. The molecule has 0 bridgehead atoms. The molecule has 1 aliphatic rings. The summed E-state index contributed by atoms with van der Waals surface area (Å²) in [6.07, 6.45) is 3.56. The lowest BCUT2D eigenvalue weighted by Crippen LogP contribution is -2.32. The van der Waals surface area contributed by atoms with Gasteiger partial charge in [0.15, 0.2) is 0 Å². The van der Waals surface area contributed by atoms with Gasteiger partial charge in [-0.1, -0.05) is 15.9 Å². The van der Waals surface area contributed by atoms with Crippen molar-refractivity contribution in [2.45, 2.75) is 19.3 Å². The van der Waals surface area contributed by atoms with Crippen molar-refractivity contribution in [2.24, 2.45) is 5.92 Å². The predicted octanol–water partition coefficient (Wildman–Crippen LogP) is 3.67. The van der Waals surface area contributed by atoms with Crippen LogP contribution in [0.2, 0.25) is 0 Å². The molecule has 2 rings (SSSR count). The summed E-state index contributed by atoms with van der Waals surface area (Å²) in [7, 11) is 2.17. The minimum absolute atomic E-state index is 0.00824. The second kappa shape index (κ2) is 7.57. The van der Waals surface area contributed by atoms with Gasteiger partial charge in [-0.25, -0.2) is 0 Å². The summed E-state index contributed by atoms with van der Waals surface area (Å²) in [5, 5.41) is 3.02. The van der Waals surface area contributed by atoms with E-state index in [0.29, 0.717) is 5.56 Å². The summed E-state index contributed by atoms with van der Waals surface area (Å²) in [5.41, 5.74) is 0.683. The lowest BCUT2D eigenvalue weighted by molar-refractivity contribution is 0.0948. The van der Waals surface area contributed by atoms with E-state index in [9.17, 15) is 4.79 Å². The molecule has 0 atom stereocenters. The Balaban J connectivity index is 1.79. The third-order valence-corrected chi connectivity index (χ3v) is 5.03. The van der Waals surface area contributed by atoms with Gasteiger partial charge in [0.05, 0.1) is 5.56 Å². The summed E-state index contributed by atoms with van der Waals surface area (Å²) in [5.74, 6) is 0.739. The molecule has 1 saturated heterocycles. The summed E-state index contributed by atoms with van der Waals surface area (Å²) in [6.45, 7) is 3.11. The van der Waals surface area contributed by atoms with Gasteiger partial charge in [0.25, 0.3) is 5.91 Å². The minimum atomic E-state index is -0.00824. The maximum atomic E-state index is 12.1. The molecule has 1 heterocycles. The molecule has 0 spiro atoms. The number of rotatable bonds is 4. The van der Waals surface area contributed by atoms with Crippen LogP contribution in [0.15, 0.2) is 27.1 Å². The Bertz CT molecular complexity index is 471. The molecule has 0 unspecified atom stereocenters. The molecule has 0 saturated carbocycles. The van der Waals surface area contributed by atoms with E-state index in [0.717, 1.165) is 27.8 Å². The van der Waals surface area contributed by atoms with Gasteiger partial charge in [-0.15, -0.1) is 0 Å². The highest BCUT2D eigenvalue weighted by molar-refractivity contribution is 9.11. The molecule has 0 aliphatic carbocycles. The van der Waals surface area contributed by atoms with Crippen LogP contribution >= 0.6 is 31.9 Å². The van der Waals surface area contributed by atoms with Crippen LogP contribution in [0, 0.1) is 5.92 Å². The van der Waals surface area contributed by atoms with E-state index in [2.05, 4.69) is 49.1 Å². The fourth-order valence-corrected chi connectivity index (χ4v) is 3.30. The summed E-state index contributed by atoms with van der Waals surface area (Å²) >= 11 is 6.81. The van der Waals surface area contributed by atoms with Crippen molar-refractivity contribution in [3.05, 3.63) is 32.7 Å². The fraction of sp³-hybridized carbons (Fsp3) is 0.533. The molecule has 1 aromatic rings. The Hall–Kier alpha value is -0.390. The van der Waals surface area contributed by atoms with Crippen molar-refractivity contribution in [3.8, 4) is 0 Å². The van der Waals surface area contributed by atoms with E-state index in [-0.39, 0.29) is 5.91 Å². The zero-order valence-electron chi connectivity index (χ0n) is 11.7. The Labute approximate surface area is 137 Å². The van der Waals surface area contributed by atoms with Crippen LogP contribution < -0.4 is 5.32 Å². The number of nitrogens with one attached hydrogen (secondary N) is 1. The monoisotopic (exact) mass is 402 g/mol. The first kappa shape index (κ1) is 16.0. The van der Waals surface area contributed by atoms with E-state index in [1.807, 2.05) is 18.2 Å². The van der Waals surface area contributed by atoms with Crippen molar-refractivity contribution in [1.82, 2.24) is 10.2 Å². The predicted molar refractivity (Wildman–Crippen MR) is 89.0 cm³/mol. The topological polar surface area (TPSA) is 32.3 Å². The van der Waals surface area contributed by atoms with Crippen LogP contribution in [0.25, 0.3) is 0 Å². The summed E-state index contributed by atoms with van der Waals surface area (Å²) < 4.78 is 1.75. The number of piperidine rings is 1. The van der Waals surface area contributed by atoms with Crippen LogP contribution in [0.3, 0.4) is 0 Å². The standard InChI is InChI=1S/C15H20Br2N2O/c1-19-8-5-11(6-9-19)4-7-18-15(20)13-10-12(16)2-3-14(13)17/h2-3,10-11H,4-9H2,1H3,(H,18,20). The molecule has 1 amide bonds. The van der Waals surface area contributed by atoms with E-state index < -0.39 is 0 Å². The molecule has 110 valence electrons. The molecule has 1 N–H and O–H groups in total. The van der Waals surface area contributed by atoms with Gasteiger partial charge < -0.3 is 10.2 Å². The van der Waals surface area contributed by atoms with Gasteiger partial charge in [-0.05, 0) is 79.4 Å². The number of halogens is 2. The average molecular weight is 404 g/mol. The first-order valence-electron chi connectivity index (χ1n) is 6.98. The number of carbonyl (C=O) groups is 1. The third kappa shape index (κ3) is 4.57. The normalized spacial score (nSPS) is 17.1. The maximum absolute atomic E-state index is 12.1. The van der Waals surface area contributed by atoms with Gasteiger partial charge in [0.2, 0.25) is 0 Å². The lowest BCUT2D eigenvalue weighted by atomic mass is 9.94. The second-order valence-electron chi connectivity index (χ2n) is 5.42. The van der Waals surface area contributed by atoms with E-state index in [4.69, 9.17) is 0 Å². The Morgan fingerprint density at radius 2 is 2.05 bits per heavy atom. The molecule has 0 aromatic heterocycles. The molecule has 1 fully saturated rings. The van der Waals surface area contributed by atoms with E-state index >= 15 is 0 Å². The van der Waals surface area contributed by atoms with Gasteiger partial charge in [0.1, 0.15) is 0 Å². The van der Waals surface area contributed by atoms with Crippen LogP contribution in [0.4, 0.5) is 0 Å². The van der Waals surface area contributed by atoms with Crippen LogP contribution in [0.1, 0.15) is 29.6 Å². The van der Waals surface area contributed by atoms with Crippen molar-refractivity contribution >= 4 is 37.8 Å². The van der Waals surface area contributed by atoms with Crippen molar-refractivity contribution in [2.75, 3.05) is 26.7 Å². The van der Waals surface area contributed by atoms with Crippen LogP contribution in [0.5, 0.6) is 0 Å². The van der Waals surface area contributed by atoms with Gasteiger partial charge in [-0.2, -0.15) is 0 Å². The Morgan fingerprint density at radius 3 is 2.75 bits per heavy atom. The van der Waals surface area contributed by atoms with Crippen LogP contribution in [-0.4, -0.2) is 37.5 Å². The largest absolute Gasteiger partial charge is 0.352 e. The first-order chi connectivity index (χ1) is 9.56. The van der Waals surface area contributed by atoms with Crippen molar-refractivity contribution in [3.63, 3.8) is 0 Å². The average Bonchev–Trinajstić information content (AvgIpc) is 2.43. The van der Waals surface area contributed by atoms with Crippen molar-refractivity contribution in [1.29, 1.82) is 0 Å². The third-order valence-electron chi connectivity index (χ3n) is 3.85. The first-order valence-corrected chi connectivity index (χ1v) is 8.56. The molecule has 1 aromatic carbocycles. The number of amides is 1. The zero-order valence-corrected chi connectivity index (χ0v) is 14.8. The molecular formula is C15H20Br2N2O. The highest BCUT2D eigenvalue weighted by Crippen LogP contribution is 2.22. The van der Waals surface area contributed by atoms with Gasteiger partial charge >= 0.3 is 0 Å². The van der Waals surface area contributed by atoms with Crippen molar-refractivity contribution < 1.29 is 4.79 Å². The van der Waals surface area contributed by atoms with E-state index in [1.54, 1.807) is 0 Å². The van der Waals surface area contributed by atoms with Gasteiger partial charge in [-0.3, -0.25) is 4.79 Å². The highest BCUT2D eigenvalue weighted by atomic mass is 79.9. The fourth-order valence-electron chi connectivity index (χ4n) is 2.51.